The molecule has 0 amide bonds. The number of hydrogen-bond acceptors (Lipinski definition) is 6. The first-order valence-electron chi connectivity index (χ1n) is 9.80. The van der Waals surface area contributed by atoms with Gasteiger partial charge in [-0.1, -0.05) is 12.1 Å². The van der Waals surface area contributed by atoms with Crippen molar-refractivity contribution in [2.24, 2.45) is 0 Å². The first-order chi connectivity index (χ1) is 13.8. The summed E-state index contributed by atoms with van der Waals surface area (Å²) >= 11 is 0. The zero-order chi connectivity index (χ0) is 19.3. The lowest BCUT2D eigenvalue weighted by atomic mass is 9.98. The minimum atomic E-state index is -0.0310. The molecule has 0 bridgehead atoms. The minimum absolute atomic E-state index is 0.0310. The maximum atomic E-state index is 6.03. The summed E-state index contributed by atoms with van der Waals surface area (Å²) in [6.07, 6.45) is 1.59. The highest BCUT2D eigenvalue weighted by molar-refractivity contribution is 5.46. The van der Waals surface area contributed by atoms with Crippen LogP contribution in [0.15, 0.2) is 36.4 Å². The van der Waals surface area contributed by atoms with Crippen molar-refractivity contribution < 1.29 is 28.4 Å². The molecule has 0 saturated carbocycles. The Morgan fingerprint density at radius 1 is 0.679 bits per heavy atom. The first-order valence-corrected chi connectivity index (χ1v) is 9.80. The molecule has 0 fully saturated rings. The van der Waals surface area contributed by atoms with Crippen molar-refractivity contribution in [2.75, 3.05) is 26.8 Å². The van der Waals surface area contributed by atoms with Crippen molar-refractivity contribution in [1.29, 1.82) is 0 Å². The van der Waals surface area contributed by atoms with E-state index in [1.807, 2.05) is 50.2 Å². The van der Waals surface area contributed by atoms with E-state index in [-0.39, 0.29) is 25.8 Å². The van der Waals surface area contributed by atoms with Gasteiger partial charge in [-0.15, -0.1) is 0 Å². The summed E-state index contributed by atoms with van der Waals surface area (Å²) < 4.78 is 33.9. The van der Waals surface area contributed by atoms with Crippen LogP contribution in [0.3, 0.4) is 0 Å². The Hall–Kier alpha value is -2.44. The van der Waals surface area contributed by atoms with E-state index in [0.717, 1.165) is 47.0 Å². The van der Waals surface area contributed by atoms with E-state index in [2.05, 4.69) is 0 Å². The summed E-state index contributed by atoms with van der Waals surface area (Å²) in [5, 5.41) is 0. The normalized spacial score (nSPS) is 16.2. The average molecular weight is 386 g/mol. The second-order valence-electron chi connectivity index (χ2n) is 6.69. The number of hydrogen-bond donors (Lipinski definition) is 0. The predicted molar refractivity (Wildman–Crippen MR) is 103 cm³/mol. The highest BCUT2D eigenvalue weighted by Gasteiger charge is 2.22. The molecule has 2 heterocycles. The molecule has 2 aliphatic heterocycles. The first kappa shape index (κ1) is 18.9. The molecule has 4 rings (SSSR count). The maximum Gasteiger partial charge on any atom is 0.231 e. The van der Waals surface area contributed by atoms with Crippen LogP contribution in [0.5, 0.6) is 23.0 Å². The summed E-state index contributed by atoms with van der Waals surface area (Å²) in [6, 6.07) is 12.0. The fraction of sp³-hybridized carbons (Fsp3) is 0.455. The van der Waals surface area contributed by atoms with E-state index in [0.29, 0.717) is 13.2 Å². The second-order valence-corrected chi connectivity index (χ2v) is 6.69. The van der Waals surface area contributed by atoms with Gasteiger partial charge in [0, 0.05) is 13.2 Å². The third kappa shape index (κ3) is 4.03. The van der Waals surface area contributed by atoms with Gasteiger partial charge in [0.25, 0.3) is 0 Å². The summed E-state index contributed by atoms with van der Waals surface area (Å²) in [7, 11) is 0. The molecule has 2 aromatic carbocycles. The van der Waals surface area contributed by atoms with Gasteiger partial charge in [0.15, 0.2) is 23.0 Å². The Kier molecular flexibility index (Phi) is 5.88. The molecule has 28 heavy (non-hydrogen) atoms. The van der Waals surface area contributed by atoms with Crippen LogP contribution in [-0.4, -0.2) is 26.8 Å². The molecule has 0 aliphatic carbocycles. The fourth-order valence-corrected chi connectivity index (χ4v) is 3.62. The largest absolute Gasteiger partial charge is 0.454 e. The molecule has 0 saturated heterocycles. The van der Waals surface area contributed by atoms with Crippen LogP contribution in [-0.2, 0) is 9.47 Å². The zero-order valence-electron chi connectivity index (χ0n) is 16.3. The number of rotatable bonds is 9. The highest BCUT2D eigenvalue weighted by Crippen LogP contribution is 2.39. The standard InChI is InChI=1S/C22H26O6/c1-3-23-17(15-5-7-19-21(11-15)27-13-25-19)9-10-18(24-4-2)16-6-8-20-22(12-16)28-14-26-20/h5-8,11-12,17-18H,3-4,9-10,13-14H2,1-2H3. The molecule has 0 radical (unpaired) electrons. The molecule has 0 N–H and O–H groups in total. The molecule has 6 nitrogen and oxygen atoms in total. The number of fused-ring (bicyclic) bond motifs is 2. The van der Waals surface area contributed by atoms with Crippen LogP contribution in [0.1, 0.15) is 50.0 Å². The topological polar surface area (TPSA) is 55.4 Å². The molecule has 0 spiro atoms. The summed E-state index contributed by atoms with van der Waals surface area (Å²) in [4.78, 5) is 0. The molecule has 2 unspecified atom stereocenters. The van der Waals surface area contributed by atoms with Gasteiger partial charge in [0.1, 0.15) is 0 Å². The SMILES string of the molecule is CCOC(CCC(OCC)c1ccc2c(c1)OCO2)c1ccc2c(c1)OCO2. The van der Waals surface area contributed by atoms with Crippen LogP contribution in [0.2, 0.25) is 0 Å². The van der Waals surface area contributed by atoms with Gasteiger partial charge in [-0.3, -0.25) is 0 Å². The van der Waals surface area contributed by atoms with Crippen molar-refractivity contribution in [2.45, 2.75) is 38.9 Å². The van der Waals surface area contributed by atoms with Crippen molar-refractivity contribution in [3.63, 3.8) is 0 Å². The summed E-state index contributed by atoms with van der Waals surface area (Å²) in [6.45, 7) is 5.85. The zero-order valence-corrected chi connectivity index (χ0v) is 16.3. The smallest absolute Gasteiger partial charge is 0.231 e. The molecule has 2 aliphatic rings. The van der Waals surface area contributed by atoms with Gasteiger partial charge in [0.05, 0.1) is 12.2 Å². The van der Waals surface area contributed by atoms with Gasteiger partial charge in [-0.2, -0.15) is 0 Å². The molecular formula is C22H26O6. The van der Waals surface area contributed by atoms with E-state index in [9.17, 15) is 0 Å². The third-order valence-electron chi connectivity index (χ3n) is 4.96. The van der Waals surface area contributed by atoms with E-state index >= 15 is 0 Å². The third-order valence-corrected chi connectivity index (χ3v) is 4.96. The van der Waals surface area contributed by atoms with Crippen molar-refractivity contribution in [3.05, 3.63) is 47.5 Å². The van der Waals surface area contributed by atoms with Gasteiger partial charge in [0.2, 0.25) is 13.6 Å². The van der Waals surface area contributed by atoms with E-state index in [1.165, 1.54) is 0 Å². The summed E-state index contributed by atoms with van der Waals surface area (Å²) in [5.74, 6) is 3.12. The van der Waals surface area contributed by atoms with E-state index in [4.69, 9.17) is 28.4 Å². The van der Waals surface area contributed by atoms with E-state index < -0.39 is 0 Å². The quantitative estimate of drug-likeness (QED) is 0.618. The molecule has 2 atom stereocenters. The van der Waals surface area contributed by atoms with Gasteiger partial charge >= 0.3 is 0 Å². The summed E-state index contributed by atoms with van der Waals surface area (Å²) in [5.41, 5.74) is 2.18. The molecule has 150 valence electrons. The monoisotopic (exact) mass is 386 g/mol. The van der Waals surface area contributed by atoms with Crippen LogP contribution in [0.25, 0.3) is 0 Å². The highest BCUT2D eigenvalue weighted by atomic mass is 16.7. The Morgan fingerprint density at radius 3 is 1.54 bits per heavy atom. The lowest BCUT2D eigenvalue weighted by molar-refractivity contribution is 0.0181. The van der Waals surface area contributed by atoms with Crippen molar-refractivity contribution >= 4 is 0 Å². The van der Waals surface area contributed by atoms with Crippen molar-refractivity contribution in [3.8, 4) is 23.0 Å². The van der Waals surface area contributed by atoms with Crippen LogP contribution < -0.4 is 18.9 Å². The number of benzene rings is 2. The lowest BCUT2D eigenvalue weighted by Crippen LogP contribution is -2.10. The van der Waals surface area contributed by atoms with E-state index in [1.54, 1.807) is 0 Å². The Labute approximate surface area is 165 Å². The Bertz CT molecular complexity index is 738. The molecular weight excluding hydrogens is 360 g/mol. The second kappa shape index (κ2) is 8.71. The molecule has 2 aromatic rings. The molecule has 6 heteroatoms. The van der Waals surface area contributed by atoms with Gasteiger partial charge < -0.3 is 28.4 Å². The Balaban J connectivity index is 1.48. The van der Waals surface area contributed by atoms with Crippen LogP contribution in [0.4, 0.5) is 0 Å². The van der Waals surface area contributed by atoms with Crippen LogP contribution in [0, 0.1) is 0 Å². The van der Waals surface area contributed by atoms with Crippen molar-refractivity contribution in [1.82, 2.24) is 0 Å². The Morgan fingerprint density at radius 2 is 1.11 bits per heavy atom. The average Bonchev–Trinajstić information content (AvgIpc) is 3.37. The number of ether oxygens (including phenoxy) is 6. The maximum absolute atomic E-state index is 6.03. The van der Waals surface area contributed by atoms with Gasteiger partial charge in [-0.25, -0.2) is 0 Å². The minimum Gasteiger partial charge on any atom is -0.454 e. The van der Waals surface area contributed by atoms with Gasteiger partial charge in [-0.05, 0) is 62.1 Å². The lowest BCUT2D eigenvalue weighted by Gasteiger charge is -2.22. The fourth-order valence-electron chi connectivity index (χ4n) is 3.62. The predicted octanol–water partition coefficient (Wildman–Crippen LogP) is 4.78. The van der Waals surface area contributed by atoms with Crippen LogP contribution >= 0.6 is 0 Å². The molecule has 0 aromatic heterocycles.